The Labute approximate surface area is 121 Å². The van der Waals surface area contributed by atoms with Crippen LogP contribution in [0.25, 0.3) is 0 Å². The van der Waals surface area contributed by atoms with Gasteiger partial charge in [0.1, 0.15) is 13.4 Å². The van der Waals surface area contributed by atoms with Gasteiger partial charge < -0.3 is 19.5 Å². The van der Waals surface area contributed by atoms with E-state index in [1.807, 2.05) is 41.5 Å². The predicted molar refractivity (Wildman–Crippen MR) is 79.4 cm³/mol. The fourth-order valence-corrected chi connectivity index (χ4v) is 3.40. The van der Waals surface area contributed by atoms with E-state index >= 15 is 0 Å². The van der Waals surface area contributed by atoms with Crippen LogP contribution in [0.4, 0.5) is 0 Å². The van der Waals surface area contributed by atoms with Crippen LogP contribution in [-0.4, -0.2) is 16.2 Å². The molecule has 0 aromatic rings. The molecule has 0 saturated carbocycles. The van der Waals surface area contributed by atoms with Gasteiger partial charge in [-0.3, -0.25) is 0 Å². The van der Waals surface area contributed by atoms with Crippen LogP contribution in [-0.2, 0) is 4.57 Å². The molecule has 2 unspecified atom stereocenters. The van der Waals surface area contributed by atoms with Crippen molar-refractivity contribution in [1.29, 1.82) is 0 Å². The maximum absolute atomic E-state index is 11.2. The van der Waals surface area contributed by atoms with Gasteiger partial charge in [0.05, 0.1) is 0 Å². The van der Waals surface area contributed by atoms with Crippen molar-refractivity contribution < 1.29 is 19.5 Å². The molecule has 0 heterocycles. The summed E-state index contributed by atoms with van der Waals surface area (Å²) in [4.78, 5) is 20.3. The molecule has 0 saturated heterocycles. The van der Waals surface area contributed by atoms with E-state index in [0.717, 1.165) is 11.1 Å². The molecule has 4 nitrogen and oxygen atoms in total. The summed E-state index contributed by atoms with van der Waals surface area (Å²) in [5, 5.41) is 10.5. The van der Waals surface area contributed by atoms with Gasteiger partial charge in [0, 0.05) is 6.16 Å². The third kappa shape index (κ3) is 4.47. The van der Waals surface area contributed by atoms with E-state index in [4.69, 9.17) is 4.89 Å². The second kappa shape index (κ2) is 5.32. The number of hydrogen-bond acceptors (Lipinski definition) is 3. The minimum absolute atomic E-state index is 0.241. The summed E-state index contributed by atoms with van der Waals surface area (Å²) in [6, 6.07) is 0. The van der Waals surface area contributed by atoms with Crippen molar-refractivity contribution in [3.8, 4) is 0 Å². The summed E-state index contributed by atoms with van der Waals surface area (Å²) < 4.78 is 11.2. The number of rotatable bonds is 2. The molecule has 2 atom stereocenters. The van der Waals surface area contributed by atoms with Crippen molar-refractivity contribution in [2.75, 3.05) is 6.16 Å². The van der Waals surface area contributed by atoms with Crippen LogP contribution < -0.4 is 4.89 Å². The summed E-state index contributed by atoms with van der Waals surface area (Å²) in [5.41, 5.74) is 1.09. The molecule has 5 heteroatoms. The van der Waals surface area contributed by atoms with Crippen molar-refractivity contribution in [3.63, 3.8) is 0 Å². The maximum Gasteiger partial charge on any atom is 0.132 e. The van der Waals surface area contributed by atoms with Crippen LogP contribution in [0.5, 0.6) is 0 Å². The lowest BCUT2D eigenvalue weighted by Crippen LogP contribution is -2.26. The van der Waals surface area contributed by atoms with Crippen LogP contribution in [0.3, 0.4) is 0 Å². The van der Waals surface area contributed by atoms with E-state index in [9.17, 15) is 14.6 Å². The second-order valence-corrected chi connectivity index (χ2v) is 9.33. The Bertz CT molecular complexity index is 483. The quantitative estimate of drug-likeness (QED) is 0.766. The van der Waals surface area contributed by atoms with Gasteiger partial charge in [0.15, 0.2) is 0 Å². The first-order valence-electron chi connectivity index (χ1n) is 6.90. The van der Waals surface area contributed by atoms with Crippen LogP contribution in [0.2, 0.25) is 0 Å². The lowest BCUT2D eigenvalue weighted by atomic mass is 9.71. The Morgan fingerprint density at radius 1 is 1.25 bits per heavy atom. The first kappa shape index (κ1) is 17.5. The fourth-order valence-electron chi connectivity index (χ4n) is 2.58. The number of aliphatic hydroxyl groups excluding tert-OH is 1. The van der Waals surface area contributed by atoms with Crippen molar-refractivity contribution in [3.05, 3.63) is 23.0 Å². The van der Waals surface area contributed by atoms with Gasteiger partial charge in [-0.05, 0) is 34.3 Å². The SMILES string of the molecule is CC(C)(C)C1=CC(CP(=O)([O-])O)CC(C(C)(C)C)=C1O. The zero-order chi connectivity index (χ0) is 15.9. The first-order chi connectivity index (χ1) is 8.72. The Hall–Kier alpha value is -0.570. The summed E-state index contributed by atoms with van der Waals surface area (Å²) in [7, 11) is -4.31. The molecule has 0 aliphatic heterocycles. The second-order valence-electron chi connectivity index (χ2n) is 7.69. The Morgan fingerprint density at radius 3 is 2.10 bits per heavy atom. The summed E-state index contributed by atoms with van der Waals surface area (Å²) in [6.45, 7) is 11.9. The van der Waals surface area contributed by atoms with Gasteiger partial charge >= 0.3 is 0 Å². The van der Waals surface area contributed by atoms with Crippen molar-refractivity contribution >= 4 is 7.60 Å². The highest BCUT2D eigenvalue weighted by molar-refractivity contribution is 7.50. The van der Waals surface area contributed by atoms with Crippen molar-refractivity contribution in [2.45, 2.75) is 48.0 Å². The molecule has 2 N–H and O–H groups in total. The molecular weight excluding hydrogens is 275 g/mol. The Kier molecular flexibility index (Phi) is 4.65. The predicted octanol–water partition coefficient (Wildman–Crippen LogP) is 3.38. The number of aliphatic hydroxyl groups is 1. The fraction of sp³-hybridized carbons (Fsp3) is 0.733. The smallest absolute Gasteiger partial charge is 0.132 e. The standard InChI is InChI=1S/C15H27O4P/c1-14(2,3)11-7-10(9-20(17,18)19)8-12(13(11)16)15(4,5)6/h7,10,16H,8-9H2,1-6H3,(H2,17,18,19)/p-1. The highest BCUT2D eigenvalue weighted by Gasteiger charge is 2.34. The lowest BCUT2D eigenvalue weighted by molar-refractivity contribution is -0.193. The molecule has 0 spiro atoms. The third-order valence-electron chi connectivity index (χ3n) is 3.59. The zero-order valence-corrected chi connectivity index (χ0v) is 14.1. The molecule has 1 aliphatic carbocycles. The Balaban J connectivity index is 3.28. The largest absolute Gasteiger partial charge is 0.779 e. The number of hydrogen-bond donors (Lipinski definition) is 2. The number of allylic oxidation sites excluding steroid dienone is 3. The van der Waals surface area contributed by atoms with E-state index in [0.29, 0.717) is 6.42 Å². The van der Waals surface area contributed by atoms with Crippen LogP contribution in [0.15, 0.2) is 23.0 Å². The molecule has 1 rings (SSSR count). The van der Waals surface area contributed by atoms with Crippen LogP contribution in [0.1, 0.15) is 48.0 Å². The van der Waals surface area contributed by atoms with Crippen molar-refractivity contribution in [2.24, 2.45) is 16.7 Å². The Morgan fingerprint density at radius 2 is 1.75 bits per heavy atom. The summed E-state index contributed by atoms with van der Waals surface area (Å²) in [5.74, 6) is -0.0115. The molecule has 1 aliphatic rings. The van der Waals surface area contributed by atoms with E-state index in [1.54, 1.807) is 6.08 Å². The normalized spacial score (nSPS) is 24.4. The minimum atomic E-state index is -4.31. The average Bonchev–Trinajstić information content (AvgIpc) is 2.14. The summed E-state index contributed by atoms with van der Waals surface area (Å²) >= 11 is 0. The van der Waals surface area contributed by atoms with E-state index in [2.05, 4.69) is 0 Å². The zero-order valence-electron chi connectivity index (χ0n) is 13.2. The van der Waals surface area contributed by atoms with Gasteiger partial charge in [0.25, 0.3) is 0 Å². The molecule has 0 amide bonds. The molecule has 0 radical (unpaired) electrons. The van der Waals surface area contributed by atoms with E-state index < -0.39 is 7.60 Å². The van der Waals surface area contributed by atoms with E-state index in [1.165, 1.54) is 0 Å². The average molecular weight is 301 g/mol. The molecule has 0 bridgehead atoms. The molecular formula is C15H26O4P-. The molecule has 0 aromatic heterocycles. The van der Waals surface area contributed by atoms with Crippen LogP contribution >= 0.6 is 7.60 Å². The molecule has 116 valence electrons. The van der Waals surface area contributed by atoms with Crippen LogP contribution in [0, 0.1) is 16.7 Å². The molecule has 20 heavy (non-hydrogen) atoms. The van der Waals surface area contributed by atoms with Crippen molar-refractivity contribution in [1.82, 2.24) is 0 Å². The summed E-state index contributed by atoms with van der Waals surface area (Å²) in [6.07, 6.45) is 1.98. The maximum atomic E-state index is 11.2. The lowest BCUT2D eigenvalue weighted by Gasteiger charge is -2.36. The third-order valence-corrected chi connectivity index (χ3v) is 4.52. The molecule has 0 aromatic carbocycles. The van der Waals surface area contributed by atoms with Gasteiger partial charge in [0.2, 0.25) is 0 Å². The monoisotopic (exact) mass is 301 g/mol. The molecule has 0 fully saturated rings. The van der Waals surface area contributed by atoms with Gasteiger partial charge in [-0.25, -0.2) is 0 Å². The minimum Gasteiger partial charge on any atom is -0.779 e. The van der Waals surface area contributed by atoms with E-state index in [-0.39, 0.29) is 28.7 Å². The topological polar surface area (TPSA) is 80.6 Å². The highest BCUT2D eigenvalue weighted by atomic mass is 31.2. The first-order valence-corrected chi connectivity index (χ1v) is 8.66. The van der Waals surface area contributed by atoms with Gasteiger partial charge in [-0.15, -0.1) is 0 Å². The highest BCUT2D eigenvalue weighted by Crippen LogP contribution is 2.46. The van der Waals surface area contributed by atoms with Gasteiger partial charge in [-0.2, -0.15) is 0 Å². The van der Waals surface area contributed by atoms with Gasteiger partial charge in [-0.1, -0.05) is 47.6 Å².